The average molecular weight is 353 g/mol. The van der Waals surface area contributed by atoms with Crippen LogP contribution in [0.5, 0.6) is 0 Å². The van der Waals surface area contributed by atoms with Crippen LogP contribution in [0.3, 0.4) is 0 Å². The lowest BCUT2D eigenvalue weighted by atomic mass is 9.90. The monoisotopic (exact) mass is 352 g/mol. The highest BCUT2D eigenvalue weighted by molar-refractivity contribution is 7.09. The standard InChI is InChI=1S/C17H28N4O2S/c1-13-11-24-15(19-13)10-21-8-7-17(12-21)6-4-5-14(23-17)9-18-16(22)20(2)3/h11,14H,4-10,12H2,1-3H3,(H,18,22)/t14-,17+/m0/s1. The molecule has 0 aromatic carbocycles. The molecule has 7 heteroatoms. The molecule has 2 aliphatic heterocycles. The van der Waals surface area contributed by atoms with Gasteiger partial charge in [-0.3, -0.25) is 4.90 Å². The van der Waals surface area contributed by atoms with E-state index in [4.69, 9.17) is 4.74 Å². The second-order valence-corrected chi connectivity index (χ2v) is 8.18. The molecule has 2 aliphatic rings. The Kier molecular flexibility index (Phi) is 5.42. The molecule has 2 amide bonds. The molecule has 3 heterocycles. The molecule has 1 aromatic rings. The Balaban J connectivity index is 1.51. The number of likely N-dealkylation sites (tertiary alicyclic amines) is 1. The van der Waals surface area contributed by atoms with Crippen LogP contribution < -0.4 is 5.32 Å². The minimum atomic E-state index is -0.0505. The zero-order chi connectivity index (χ0) is 17.2. The summed E-state index contributed by atoms with van der Waals surface area (Å²) in [6, 6.07) is -0.0505. The van der Waals surface area contributed by atoms with Crippen LogP contribution >= 0.6 is 11.3 Å². The van der Waals surface area contributed by atoms with Gasteiger partial charge >= 0.3 is 6.03 Å². The Morgan fingerprint density at radius 3 is 3.08 bits per heavy atom. The van der Waals surface area contributed by atoms with Gasteiger partial charge in [0.1, 0.15) is 5.01 Å². The fraction of sp³-hybridized carbons (Fsp3) is 0.765. The Labute approximate surface area is 148 Å². The smallest absolute Gasteiger partial charge is 0.316 e. The van der Waals surface area contributed by atoms with Gasteiger partial charge in [0.05, 0.1) is 18.2 Å². The summed E-state index contributed by atoms with van der Waals surface area (Å²) in [4.78, 5) is 20.3. The van der Waals surface area contributed by atoms with Crippen LogP contribution in [0.4, 0.5) is 4.79 Å². The number of aromatic nitrogens is 1. The quantitative estimate of drug-likeness (QED) is 0.903. The number of carbonyl (C=O) groups excluding carboxylic acids is 1. The molecular weight excluding hydrogens is 324 g/mol. The lowest BCUT2D eigenvalue weighted by molar-refractivity contribution is -0.118. The molecule has 3 rings (SSSR count). The number of rotatable bonds is 4. The topological polar surface area (TPSA) is 57.7 Å². The fourth-order valence-corrected chi connectivity index (χ4v) is 4.47. The Bertz CT molecular complexity index is 577. The highest BCUT2D eigenvalue weighted by Gasteiger charge is 2.43. The first-order chi connectivity index (χ1) is 11.5. The summed E-state index contributed by atoms with van der Waals surface area (Å²) < 4.78 is 6.45. The number of urea groups is 1. The normalized spacial score (nSPS) is 27.5. The van der Waals surface area contributed by atoms with Crippen molar-refractivity contribution in [3.63, 3.8) is 0 Å². The fourth-order valence-electron chi connectivity index (χ4n) is 3.66. The maximum atomic E-state index is 11.7. The van der Waals surface area contributed by atoms with E-state index in [9.17, 15) is 4.79 Å². The van der Waals surface area contributed by atoms with Crippen molar-refractivity contribution in [1.29, 1.82) is 0 Å². The third kappa shape index (κ3) is 4.26. The van der Waals surface area contributed by atoms with Crippen molar-refractivity contribution >= 4 is 17.4 Å². The third-order valence-corrected chi connectivity index (χ3v) is 5.83. The second kappa shape index (κ2) is 7.37. The number of nitrogens with zero attached hydrogens (tertiary/aromatic N) is 3. The van der Waals surface area contributed by atoms with E-state index in [0.29, 0.717) is 6.54 Å². The molecule has 0 saturated carbocycles. The van der Waals surface area contributed by atoms with Crippen molar-refractivity contribution in [3.05, 3.63) is 16.1 Å². The summed E-state index contributed by atoms with van der Waals surface area (Å²) in [5, 5.41) is 6.25. The first kappa shape index (κ1) is 17.6. The van der Waals surface area contributed by atoms with E-state index in [2.05, 4.69) is 20.6 Å². The average Bonchev–Trinajstić information content (AvgIpc) is 3.12. The molecule has 1 N–H and O–H groups in total. The van der Waals surface area contributed by atoms with E-state index in [1.54, 1.807) is 30.3 Å². The molecule has 134 valence electrons. The first-order valence-electron chi connectivity index (χ1n) is 8.72. The predicted octanol–water partition coefficient (Wildman–Crippen LogP) is 2.24. The van der Waals surface area contributed by atoms with Crippen LogP contribution in [0.1, 0.15) is 36.4 Å². The zero-order valence-electron chi connectivity index (χ0n) is 14.9. The number of thiazole rings is 1. The van der Waals surface area contributed by atoms with Crippen LogP contribution in [0, 0.1) is 6.92 Å². The predicted molar refractivity (Wildman–Crippen MR) is 95.3 cm³/mol. The van der Waals surface area contributed by atoms with Crippen molar-refractivity contribution in [2.75, 3.05) is 33.7 Å². The molecule has 1 spiro atoms. The van der Waals surface area contributed by atoms with Crippen molar-refractivity contribution in [2.24, 2.45) is 0 Å². The molecule has 6 nitrogen and oxygen atoms in total. The Morgan fingerprint density at radius 1 is 1.54 bits per heavy atom. The Hall–Kier alpha value is -1.18. The first-order valence-corrected chi connectivity index (χ1v) is 9.60. The van der Waals surface area contributed by atoms with Gasteiger partial charge in [-0.1, -0.05) is 0 Å². The summed E-state index contributed by atoms with van der Waals surface area (Å²) in [5.74, 6) is 0. The van der Waals surface area contributed by atoms with Crippen LogP contribution in [0.15, 0.2) is 5.38 Å². The van der Waals surface area contributed by atoms with E-state index in [1.165, 1.54) is 11.4 Å². The number of ether oxygens (including phenoxy) is 1. The SMILES string of the molecule is Cc1csc(CN2CC[C@]3(CCC[C@@H](CNC(=O)N(C)C)O3)C2)n1. The van der Waals surface area contributed by atoms with Gasteiger partial charge < -0.3 is 15.0 Å². The van der Waals surface area contributed by atoms with Crippen molar-refractivity contribution < 1.29 is 9.53 Å². The number of amides is 2. The van der Waals surface area contributed by atoms with E-state index >= 15 is 0 Å². The summed E-state index contributed by atoms with van der Waals surface area (Å²) in [5.41, 5.74) is 1.08. The molecule has 0 unspecified atom stereocenters. The van der Waals surface area contributed by atoms with Gasteiger partial charge in [-0.15, -0.1) is 11.3 Å². The minimum Gasteiger partial charge on any atom is -0.369 e. The van der Waals surface area contributed by atoms with Crippen molar-refractivity contribution in [3.8, 4) is 0 Å². The molecule has 2 fully saturated rings. The van der Waals surface area contributed by atoms with E-state index < -0.39 is 0 Å². The number of hydrogen-bond acceptors (Lipinski definition) is 5. The molecular formula is C17H28N4O2S. The number of nitrogens with one attached hydrogen (secondary N) is 1. The van der Waals surface area contributed by atoms with Crippen LogP contribution in [-0.2, 0) is 11.3 Å². The van der Waals surface area contributed by atoms with E-state index in [0.717, 1.165) is 44.6 Å². The molecule has 0 aliphatic carbocycles. The van der Waals surface area contributed by atoms with Gasteiger partial charge in [0.15, 0.2) is 0 Å². The maximum Gasteiger partial charge on any atom is 0.316 e. The molecule has 2 saturated heterocycles. The van der Waals surface area contributed by atoms with E-state index in [1.807, 2.05) is 6.92 Å². The second-order valence-electron chi connectivity index (χ2n) is 7.24. The van der Waals surface area contributed by atoms with Crippen LogP contribution in [0.2, 0.25) is 0 Å². The minimum absolute atomic E-state index is 0.0297. The highest BCUT2D eigenvalue weighted by atomic mass is 32.1. The largest absolute Gasteiger partial charge is 0.369 e. The van der Waals surface area contributed by atoms with E-state index in [-0.39, 0.29) is 17.7 Å². The number of hydrogen-bond donors (Lipinski definition) is 1. The summed E-state index contributed by atoms with van der Waals surface area (Å²) in [6.45, 7) is 5.61. The zero-order valence-corrected chi connectivity index (χ0v) is 15.7. The lowest BCUT2D eigenvalue weighted by Crippen LogP contribution is -2.48. The highest BCUT2D eigenvalue weighted by Crippen LogP contribution is 2.37. The van der Waals surface area contributed by atoms with Gasteiger partial charge in [-0.05, 0) is 32.6 Å². The Morgan fingerprint density at radius 2 is 2.38 bits per heavy atom. The maximum absolute atomic E-state index is 11.7. The molecule has 0 radical (unpaired) electrons. The van der Waals surface area contributed by atoms with Crippen LogP contribution in [-0.4, -0.2) is 66.2 Å². The van der Waals surface area contributed by atoms with Gasteiger partial charge in [0, 0.05) is 44.8 Å². The van der Waals surface area contributed by atoms with Gasteiger partial charge in [-0.2, -0.15) is 0 Å². The molecule has 2 atom stereocenters. The summed E-state index contributed by atoms with van der Waals surface area (Å²) in [6.07, 6.45) is 4.53. The number of aryl methyl sites for hydroxylation is 1. The third-order valence-electron chi connectivity index (χ3n) is 4.88. The van der Waals surface area contributed by atoms with Crippen molar-refractivity contribution in [2.45, 2.75) is 50.9 Å². The molecule has 24 heavy (non-hydrogen) atoms. The van der Waals surface area contributed by atoms with Crippen molar-refractivity contribution in [1.82, 2.24) is 20.1 Å². The van der Waals surface area contributed by atoms with Crippen LogP contribution in [0.25, 0.3) is 0 Å². The summed E-state index contributed by atoms with van der Waals surface area (Å²) >= 11 is 1.74. The molecule has 0 bridgehead atoms. The van der Waals surface area contributed by atoms with Gasteiger partial charge in [0.25, 0.3) is 0 Å². The molecule has 1 aromatic heterocycles. The lowest BCUT2D eigenvalue weighted by Gasteiger charge is -2.39. The van der Waals surface area contributed by atoms with Gasteiger partial charge in [-0.25, -0.2) is 9.78 Å². The summed E-state index contributed by atoms with van der Waals surface area (Å²) in [7, 11) is 3.52. The number of carbonyl (C=O) groups is 1. The van der Waals surface area contributed by atoms with Gasteiger partial charge in [0.2, 0.25) is 0 Å².